The van der Waals surface area contributed by atoms with Crippen molar-refractivity contribution in [3.05, 3.63) is 24.0 Å². The highest BCUT2D eigenvalue weighted by molar-refractivity contribution is 6.11. The highest BCUT2D eigenvalue weighted by Gasteiger charge is 2.29. The van der Waals surface area contributed by atoms with E-state index in [0.717, 1.165) is 25.3 Å². The molecule has 0 radical (unpaired) electrons. The minimum Gasteiger partial charge on any atom is -0.370 e. The van der Waals surface area contributed by atoms with Crippen LogP contribution in [0.2, 0.25) is 0 Å². The Balaban J connectivity index is 1.64. The molecule has 0 spiro atoms. The molecule has 0 aromatic heterocycles. The van der Waals surface area contributed by atoms with E-state index >= 15 is 0 Å². The van der Waals surface area contributed by atoms with E-state index in [-0.39, 0.29) is 36.5 Å². The minimum atomic E-state index is -1.63. The Kier molecular flexibility index (Phi) is 6.27. The zero-order chi connectivity index (χ0) is 21.0. The number of primary amides is 1. The lowest BCUT2D eigenvalue weighted by Gasteiger charge is -2.27. The number of nitrogens with one attached hydrogen (secondary N) is 3. The molecular weight excluding hydrogens is 385 g/mol. The third kappa shape index (κ3) is 4.99. The Labute approximate surface area is 165 Å². The van der Waals surface area contributed by atoms with Crippen LogP contribution in [-0.4, -0.2) is 55.6 Å². The number of amides is 5. The second kappa shape index (κ2) is 8.86. The number of nitrogens with zero attached hydrogens (tertiary/aromatic N) is 1. The molecule has 5 amide bonds. The molecule has 2 fully saturated rings. The number of hydrogen-bond donors (Lipinski definition) is 4. The van der Waals surface area contributed by atoms with Gasteiger partial charge in [-0.2, -0.15) is 0 Å². The van der Waals surface area contributed by atoms with E-state index in [1.807, 2.05) is 0 Å². The van der Waals surface area contributed by atoms with Crippen LogP contribution < -0.4 is 26.6 Å². The van der Waals surface area contributed by atoms with E-state index in [1.165, 1.54) is 17.0 Å². The van der Waals surface area contributed by atoms with Gasteiger partial charge in [0.15, 0.2) is 6.04 Å². The lowest BCUT2D eigenvalue weighted by Crippen LogP contribution is -2.56. The Bertz CT molecular complexity index is 829. The number of morpholine rings is 1. The number of hydrogen-bond acceptors (Lipinski definition) is 5. The molecule has 5 N–H and O–H groups in total. The van der Waals surface area contributed by atoms with E-state index in [9.17, 15) is 23.6 Å². The summed E-state index contributed by atoms with van der Waals surface area (Å²) in [5.74, 6) is -3.06. The van der Waals surface area contributed by atoms with Gasteiger partial charge in [0.25, 0.3) is 11.8 Å². The molecule has 10 nitrogen and oxygen atoms in total. The van der Waals surface area contributed by atoms with Crippen molar-refractivity contribution in [1.29, 1.82) is 0 Å². The van der Waals surface area contributed by atoms with Crippen LogP contribution in [-0.2, 0) is 19.1 Å². The predicted molar refractivity (Wildman–Crippen MR) is 100 cm³/mol. The molecule has 3 rings (SSSR count). The van der Waals surface area contributed by atoms with Crippen LogP contribution in [0, 0.1) is 5.82 Å². The molecule has 1 aliphatic carbocycles. The van der Waals surface area contributed by atoms with Crippen LogP contribution in [0.1, 0.15) is 19.3 Å². The van der Waals surface area contributed by atoms with Gasteiger partial charge in [-0.05, 0) is 37.5 Å². The molecule has 0 unspecified atom stereocenters. The summed E-state index contributed by atoms with van der Waals surface area (Å²) in [7, 11) is 0. The number of benzene rings is 1. The molecule has 156 valence electrons. The van der Waals surface area contributed by atoms with Crippen LogP contribution in [0.3, 0.4) is 0 Å². The SMILES string of the molecule is NC(=O)[C@@H](NC(=O)NC1CCC1)C(=O)Nc1ccc(N2CCOCC2=O)c(F)c1. The Morgan fingerprint density at radius 2 is 2.03 bits per heavy atom. The third-order valence-electron chi connectivity index (χ3n) is 4.75. The highest BCUT2D eigenvalue weighted by atomic mass is 19.1. The summed E-state index contributed by atoms with van der Waals surface area (Å²) in [5.41, 5.74) is 5.31. The average Bonchev–Trinajstić information content (AvgIpc) is 2.63. The van der Waals surface area contributed by atoms with Crippen molar-refractivity contribution in [2.75, 3.05) is 30.0 Å². The highest BCUT2D eigenvalue weighted by Crippen LogP contribution is 2.24. The van der Waals surface area contributed by atoms with Crippen LogP contribution in [0.5, 0.6) is 0 Å². The van der Waals surface area contributed by atoms with Crippen molar-refractivity contribution in [1.82, 2.24) is 10.6 Å². The van der Waals surface area contributed by atoms with Gasteiger partial charge in [-0.1, -0.05) is 0 Å². The Morgan fingerprint density at radius 1 is 1.28 bits per heavy atom. The Morgan fingerprint density at radius 3 is 2.62 bits per heavy atom. The number of halogens is 1. The van der Waals surface area contributed by atoms with Crippen LogP contribution >= 0.6 is 0 Å². The maximum absolute atomic E-state index is 14.5. The zero-order valence-corrected chi connectivity index (χ0v) is 15.6. The van der Waals surface area contributed by atoms with Gasteiger partial charge in [-0.3, -0.25) is 14.4 Å². The number of carbonyl (C=O) groups is 4. The van der Waals surface area contributed by atoms with Crippen molar-refractivity contribution in [3.8, 4) is 0 Å². The fourth-order valence-corrected chi connectivity index (χ4v) is 2.97. The fourth-order valence-electron chi connectivity index (χ4n) is 2.97. The summed E-state index contributed by atoms with van der Waals surface area (Å²) >= 11 is 0. The average molecular weight is 407 g/mol. The van der Waals surface area contributed by atoms with Crippen LogP contribution in [0.4, 0.5) is 20.6 Å². The van der Waals surface area contributed by atoms with E-state index < -0.39 is 29.7 Å². The standard InChI is InChI=1S/C18H22FN5O5/c19-12-8-11(4-5-13(12)24-6-7-29-9-14(24)25)21-17(27)15(16(20)26)23-18(28)22-10-2-1-3-10/h4-5,8,10,15H,1-3,6-7,9H2,(H2,20,26)(H,21,27)(H2,22,23,28)/t15-/m1/s1. The third-order valence-corrected chi connectivity index (χ3v) is 4.75. The molecule has 1 aromatic carbocycles. The molecule has 1 heterocycles. The van der Waals surface area contributed by atoms with E-state index in [1.54, 1.807) is 0 Å². The number of rotatable bonds is 6. The first-order chi connectivity index (χ1) is 13.8. The van der Waals surface area contributed by atoms with E-state index in [0.29, 0.717) is 6.61 Å². The topological polar surface area (TPSA) is 143 Å². The number of urea groups is 1. The van der Waals surface area contributed by atoms with Crippen LogP contribution in [0.25, 0.3) is 0 Å². The second-order valence-corrected chi connectivity index (χ2v) is 6.83. The largest absolute Gasteiger partial charge is 0.370 e. The van der Waals surface area contributed by atoms with Gasteiger partial charge in [-0.25, -0.2) is 9.18 Å². The van der Waals surface area contributed by atoms with Gasteiger partial charge in [-0.15, -0.1) is 0 Å². The van der Waals surface area contributed by atoms with Crippen LogP contribution in [0.15, 0.2) is 18.2 Å². The summed E-state index contributed by atoms with van der Waals surface area (Å²) in [4.78, 5) is 48.9. The van der Waals surface area contributed by atoms with Crippen molar-refractivity contribution in [2.24, 2.45) is 5.73 Å². The molecule has 0 bridgehead atoms. The van der Waals surface area contributed by atoms with Crippen molar-refractivity contribution in [3.63, 3.8) is 0 Å². The molecule has 29 heavy (non-hydrogen) atoms. The molecule has 1 atom stereocenters. The van der Waals surface area contributed by atoms with Gasteiger partial charge in [0.2, 0.25) is 5.91 Å². The fraction of sp³-hybridized carbons (Fsp3) is 0.444. The number of ether oxygens (including phenoxy) is 1. The van der Waals surface area contributed by atoms with Crippen molar-refractivity contribution in [2.45, 2.75) is 31.3 Å². The molecular formula is C18H22FN5O5. The first-order valence-corrected chi connectivity index (χ1v) is 9.20. The molecule has 1 aromatic rings. The molecule has 1 saturated carbocycles. The summed E-state index contributed by atoms with van der Waals surface area (Å²) < 4.78 is 19.5. The van der Waals surface area contributed by atoms with Gasteiger partial charge >= 0.3 is 6.03 Å². The van der Waals surface area contributed by atoms with E-state index in [2.05, 4.69) is 16.0 Å². The van der Waals surface area contributed by atoms with Crippen molar-refractivity contribution >= 4 is 35.1 Å². The monoisotopic (exact) mass is 407 g/mol. The second-order valence-electron chi connectivity index (χ2n) is 6.83. The minimum absolute atomic E-state index is 0.0103. The van der Waals surface area contributed by atoms with E-state index in [4.69, 9.17) is 10.5 Å². The summed E-state index contributed by atoms with van der Waals surface area (Å²) in [5, 5.41) is 7.20. The van der Waals surface area contributed by atoms with Crippen molar-refractivity contribution < 1.29 is 28.3 Å². The quantitative estimate of drug-likeness (QED) is 0.484. The Hall–Kier alpha value is -3.21. The maximum atomic E-state index is 14.5. The summed E-state index contributed by atoms with van der Waals surface area (Å²) in [6.07, 6.45) is 2.67. The predicted octanol–water partition coefficient (Wildman–Crippen LogP) is -0.167. The first kappa shape index (κ1) is 20.5. The molecule has 1 aliphatic heterocycles. The first-order valence-electron chi connectivity index (χ1n) is 9.20. The van der Waals surface area contributed by atoms with Gasteiger partial charge < -0.3 is 31.3 Å². The molecule has 2 aliphatic rings. The number of carbonyl (C=O) groups excluding carboxylic acids is 4. The number of nitrogens with two attached hydrogens (primary N) is 1. The van der Waals surface area contributed by atoms with Gasteiger partial charge in [0, 0.05) is 18.3 Å². The summed E-state index contributed by atoms with van der Waals surface area (Å²) in [6, 6.07) is 1.44. The van der Waals surface area contributed by atoms with Gasteiger partial charge in [0.05, 0.1) is 12.3 Å². The zero-order valence-electron chi connectivity index (χ0n) is 15.6. The normalized spacial score (nSPS) is 17.8. The molecule has 1 saturated heterocycles. The molecule has 11 heteroatoms. The number of anilines is 2. The lowest BCUT2D eigenvalue weighted by molar-refractivity contribution is -0.128. The smallest absolute Gasteiger partial charge is 0.316 e. The maximum Gasteiger partial charge on any atom is 0.316 e. The van der Waals surface area contributed by atoms with Gasteiger partial charge in [0.1, 0.15) is 12.4 Å². The summed E-state index contributed by atoms with van der Waals surface area (Å²) in [6.45, 7) is 0.372. The lowest BCUT2D eigenvalue weighted by atomic mass is 9.93.